The lowest BCUT2D eigenvalue weighted by atomic mass is 10.0. The van der Waals surface area contributed by atoms with Crippen LogP contribution in [-0.4, -0.2) is 10.1 Å². The number of aliphatic hydroxyl groups is 1. The lowest BCUT2D eigenvalue weighted by Gasteiger charge is -2.04. The number of aryl methyl sites for hydroxylation is 3. The largest absolute Gasteiger partial charge is 0.448 e. The Balaban J connectivity index is 2.05. The van der Waals surface area contributed by atoms with E-state index >= 15 is 0 Å². The number of benzene rings is 1. The summed E-state index contributed by atoms with van der Waals surface area (Å²) in [4.78, 5) is 3.95. The molecule has 2 rings (SSSR count). The second-order valence-electron chi connectivity index (χ2n) is 3.81. The number of nitrogens with zero attached hydrogens (tertiary/aromatic N) is 1. The number of aliphatic hydroxyl groups excluding tert-OH is 1. The standard InChI is InChI=1S/C13H15NO2/c1-10-4-2-3-5-11(10)6-7-13-12(8-15)14-9-16-13/h2-5,9,15H,6-8H2,1H3. The van der Waals surface area contributed by atoms with E-state index in [1.165, 1.54) is 17.5 Å². The van der Waals surface area contributed by atoms with Crippen LogP contribution in [0.5, 0.6) is 0 Å². The van der Waals surface area contributed by atoms with E-state index in [1.807, 2.05) is 12.1 Å². The Labute approximate surface area is 94.8 Å². The van der Waals surface area contributed by atoms with Gasteiger partial charge in [-0.05, 0) is 24.5 Å². The Morgan fingerprint density at radius 2 is 2.06 bits per heavy atom. The maximum absolute atomic E-state index is 9.04. The quantitative estimate of drug-likeness (QED) is 0.854. The van der Waals surface area contributed by atoms with Crippen molar-refractivity contribution in [3.63, 3.8) is 0 Å². The minimum absolute atomic E-state index is 0.0559. The van der Waals surface area contributed by atoms with Crippen molar-refractivity contribution in [1.29, 1.82) is 0 Å². The van der Waals surface area contributed by atoms with Crippen LogP contribution in [0.25, 0.3) is 0 Å². The fourth-order valence-corrected chi connectivity index (χ4v) is 1.76. The maximum Gasteiger partial charge on any atom is 0.181 e. The third-order valence-electron chi connectivity index (χ3n) is 2.76. The van der Waals surface area contributed by atoms with Gasteiger partial charge in [-0.25, -0.2) is 4.98 Å². The molecule has 0 atom stereocenters. The van der Waals surface area contributed by atoms with Crippen LogP contribution >= 0.6 is 0 Å². The average molecular weight is 217 g/mol. The molecule has 0 saturated carbocycles. The Hall–Kier alpha value is -1.61. The molecule has 1 heterocycles. The first-order valence-electron chi connectivity index (χ1n) is 5.38. The molecule has 1 aromatic heterocycles. The summed E-state index contributed by atoms with van der Waals surface area (Å²) in [7, 11) is 0. The molecule has 1 aromatic carbocycles. The van der Waals surface area contributed by atoms with Crippen LogP contribution in [-0.2, 0) is 19.4 Å². The number of hydrogen-bond donors (Lipinski definition) is 1. The van der Waals surface area contributed by atoms with Gasteiger partial charge in [-0.3, -0.25) is 0 Å². The molecular formula is C13H15NO2. The van der Waals surface area contributed by atoms with Gasteiger partial charge in [0.2, 0.25) is 0 Å². The number of oxazole rings is 1. The van der Waals surface area contributed by atoms with E-state index < -0.39 is 0 Å². The SMILES string of the molecule is Cc1ccccc1CCc1ocnc1CO. The van der Waals surface area contributed by atoms with Crippen molar-refractivity contribution >= 4 is 0 Å². The molecule has 84 valence electrons. The zero-order valence-electron chi connectivity index (χ0n) is 9.31. The third kappa shape index (κ3) is 2.31. The Bertz CT molecular complexity index is 462. The Morgan fingerprint density at radius 1 is 1.25 bits per heavy atom. The summed E-state index contributed by atoms with van der Waals surface area (Å²) >= 11 is 0. The lowest BCUT2D eigenvalue weighted by Crippen LogP contribution is -1.96. The summed E-state index contributed by atoms with van der Waals surface area (Å²) in [6.07, 6.45) is 3.08. The first kappa shape index (κ1) is 10.9. The van der Waals surface area contributed by atoms with Gasteiger partial charge >= 0.3 is 0 Å². The van der Waals surface area contributed by atoms with Gasteiger partial charge in [0, 0.05) is 6.42 Å². The highest BCUT2D eigenvalue weighted by atomic mass is 16.3. The molecular weight excluding hydrogens is 202 g/mol. The summed E-state index contributed by atoms with van der Waals surface area (Å²) in [6.45, 7) is 2.04. The van der Waals surface area contributed by atoms with E-state index in [2.05, 4.69) is 24.0 Å². The van der Waals surface area contributed by atoms with Gasteiger partial charge in [0.15, 0.2) is 6.39 Å². The highest BCUT2D eigenvalue weighted by Crippen LogP contribution is 2.13. The summed E-state index contributed by atoms with van der Waals surface area (Å²) in [5.74, 6) is 0.783. The summed E-state index contributed by atoms with van der Waals surface area (Å²) < 4.78 is 5.25. The van der Waals surface area contributed by atoms with E-state index in [1.54, 1.807) is 0 Å². The molecule has 1 N–H and O–H groups in total. The second kappa shape index (κ2) is 4.94. The number of aromatic nitrogens is 1. The van der Waals surface area contributed by atoms with Crippen LogP contribution < -0.4 is 0 Å². The highest BCUT2D eigenvalue weighted by molar-refractivity contribution is 5.26. The van der Waals surface area contributed by atoms with Crippen molar-refractivity contribution in [2.24, 2.45) is 0 Å². The summed E-state index contributed by atoms with van der Waals surface area (Å²) in [5.41, 5.74) is 3.24. The summed E-state index contributed by atoms with van der Waals surface area (Å²) in [6, 6.07) is 8.29. The minimum Gasteiger partial charge on any atom is -0.448 e. The fourth-order valence-electron chi connectivity index (χ4n) is 1.76. The van der Waals surface area contributed by atoms with Crippen molar-refractivity contribution < 1.29 is 9.52 Å². The van der Waals surface area contributed by atoms with Gasteiger partial charge in [0.1, 0.15) is 11.5 Å². The molecule has 0 aliphatic heterocycles. The van der Waals surface area contributed by atoms with Crippen LogP contribution in [0.2, 0.25) is 0 Å². The predicted molar refractivity (Wildman–Crippen MR) is 61.0 cm³/mol. The molecule has 3 heteroatoms. The molecule has 16 heavy (non-hydrogen) atoms. The van der Waals surface area contributed by atoms with E-state index in [0.29, 0.717) is 5.69 Å². The van der Waals surface area contributed by atoms with Gasteiger partial charge in [0.25, 0.3) is 0 Å². The van der Waals surface area contributed by atoms with E-state index in [-0.39, 0.29) is 6.61 Å². The Kier molecular flexibility index (Phi) is 3.37. The average Bonchev–Trinajstić information content (AvgIpc) is 2.75. The van der Waals surface area contributed by atoms with Gasteiger partial charge in [-0.15, -0.1) is 0 Å². The van der Waals surface area contributed by atoms with Crippen molar-refractivity contribution in [2.75, 3.05) is 0 Å². The molecule has 2 aromatic rings. The van der Waals surface area contributed by atoms with Gasteiger partial charge in [-0.2, -0.15) is 0 Å². The van der Waals surface area contributed by atoms with Crippen molar-refractivity contribution in [3.8, 4) is 0 Å². The fraction of sp³-hybridized carbons (Fsp3) is 0.308. The molecule has 0 amide bonds. The lowest BCUT2D eigenvalue weighted by molar-refractivity contribution is 0.274. The number of hydrogen-bond acceptors (Lipinski definition) is 3. The van der Waals surface area contributed by atoms with Crippen molar-refractivity contribution in [2.45, 2.75) is 26.4 Å². The molecule has 0 fully saturated rings. The van der Waals surface area contributed by atoms with Crippen molar-refractivity contribution in [1.82, 2.24) is 4.98 Å². The molecule has 0 aliphatic rings. The maximum atomic E-state index is 9.04. The second-order valence-corrected chi connectivity index (χ2v) is 3.81. The van der Waals surface area contributed by atoms with E-state index in [0.717, 1.165) is 18.6 Å². The predicted octanol–water partition coefficient (Wildman–Crippen LogP) is 2.26. The van der Waals surface area contributed by atoms with Crippen LogP contribution in [0.1, 0.15) is 22.6 Å². The van der Waals surface area contributed by atoms with Crippen LogP contribution in [0, 0.1) is 6.92 Å². The van der Waals surface area contributed by atoms with Crippen LogP contribution in [0.4, 0.5) is 0 Å². The molecule has 0 unspecified atom stereocenters. The normalized spacial score (nSPS) is 10.6. The van der Waals surface area contributed by atoms with Crippen LogP contribution in [0.15, 0.2) is 35.1 Å². The molecule has 0 radical (unpaired) electrons. The molecule has 0 spiro atoms. The van der Waals surface area contributed by atoms with Crippen molar-refractivity contribution in [3.05, 3.63) is 53.2 Å². The number of rotatable bonds is 4. The first-order valence-corrected chi connectivity index (χ1v) is 5.38. The first-order chi connectivity index (χ1) is 7.81. The van der Waals surface area contributed by atoms with Gasteiger partial charge in [0.05, 0.1) is 6.61 Å². The highest BCUT2D eigenvalue weighted by Gasteiger charge is 2.07. The molecule has 0 saturated heterocycles. The zero-order valence-corrected chi connectivity index (χ0v) is 9.31. The van der Waals surface area contributed by atoms with Gasteiger partial charge in [-0.1, -0.05) is 24.3 Å². The third-order valence-corrected chi connectivity index (χ3v) is 2.76. The molecule has 0 aliphatic carbocycles. The van der Waals surface area contributed by atoms with E-state index in [9.17, 15) is 0 Å². The Morgan fingerprint density at radius 3 is 2.81 bits per heavy atom. The topological polar surface area (TPSA) is 46.3 Å². The zero-order chi connectivity index (χ0) is 11.4. The minimum atomic E-state index is -0.0559. The molecule has 0 bridgehead atoms. The van der Waals surface area contributed by atoms with Crippen LogP contribution in [0.3, 0.4) is 0 Å². The van der Waals surface area contributed by atoms with E-state index in [4.69, 9.17) is 9.52 Å². The smallest absolute Gasteiger partial charge is 0.181 e. The van der Waals surface area contributed by atoms with Gasteiger partial charge < -0.3 is 9.52 Å². The molecule has 3 nitrogen and oxygen atoms in total. The monoisotopic (exact) mass is 217 g/mol. The summed E-state index contributed by atoms with van der Waals surface area (Å²) in [5, 5.41) is 9.04.